The summed E-state index contributed by atoms with van der Waals surface area (Å²) in [6.45, 7) is 2.58. The average Bonchev–Trinajstić information content (AvgIpc) is 2.67. The van der Waals surface area contributed by atoms with Crippen molar-refractivity contribution in [1.82, 2.24) is 4.90 Å². The summed E-state index contributed by atoms with van der Waals surface area (Å²) in [6.07, 6.45) is 0.774. The van der Waals surface area contributed by atoms with Gasteiger partial charge in [0.1, 0.15) is 5.75 Å². The fraction of sp³-hybridized carbons (Fsp3) is 0.333. The Kier molecular flexibility index (Phi) is 5.71. The van der Waals surface area contributed by atoms with Crippen LogP contribution >= 0.6 is 11.6 Å². The topological polar surface area (TPSA) is 66.8 Å². The minimum absolute atomic E-state index is 0.0755. The molecule has 1 fully saturated rings. The second kappa shape index (κ2) is 8.01. The normalized spacial score (nSPS) is 16.0. The molecule has 0 radical (unpaired) electrons. The lowest BCUT2D eigenvalue weighted by Crippen LogP contribution is -2.50. The zero-order valence-corrected chi connectivity index (χ0v) is 15.9. The lowest BCUT2D eigenvalue weighted by Gasteiger charge is -2.39. The molecular formula is C21H22ClNO4. The van der Waals surface area contributed by atoms with Gasteiger partial charge in [-0.3, -0.25) is 9.59 Å². The van der Waals surface area contributed by atoms with Crippen molar-refractivity contribution in [3.63, 3.8) is 0 Å². The third-order valence-electron chi connectivity index (χ3n) is 5.19. The number of aliphatic carboxylic acids is 1. The molecule has 5 nitrogen and oxygen atoms in total. The number of piperidine rings is 1. The Labute approximate surface area is 163 Å². The highest BCUT2D eigenvalue weighted by molar-refractivity contribution is 6.30. The average molecular weight is 388 g/mol. The van der Waals surface area contributed by atoms with Crippen LogP contribution in [0, 0.1) is 6.92 Å². The monoisotopic (exact) mass is 387 g/mol. The van der Waals surface area contributed by atoms with Gasteiger partial charge in [-0.05, 0) is 49.1 Å². The standard InChI is InChI=1S/C21H22ClNO4/c1-15-13-17(22)7-8-18(15)27-14-19(24)23-11-9-21(10-12-23,20(25)26)16-5-3-2-4-6-16/h2-8,13H,9-12,14H2,1H3,(H,25,26). The molecule has 1 aliphatic rings. The van der Waals surface area contributed by atoms with Crippen LogP contribution in [0.15, 0.2) is 48.5 Å². The first kappa shape index (κ1) is 19.2. The first-order valence-corrected chi connectivity index (χ1v) is 9.26. The van der Waals surface area contributed by atoms with E-state index in [-0.39, 0.29) is 12.5 Å². The fourth-order valence-electron chi connectivity index (χ4n) is 3.53. The second-order valence-electron chi connectivity index (χ2n) is 6.83. The van der Waals surface area contributed by atoms with Crippen molar-refractivity contribution in [1.29, 1.82) is 0 Å². The summed E-state index contributed by atoms with van der Waals surface area (Å²) in [5.74, 6) is -0.362. The molecule has 1 heterocycles. The van der Waals surface area contributed by atoms with E-state index in [4.69, 9.17) is 16.3 Å². The lowest BCUT2D eigenvalue weighted by atomic mass is 9.73. The predicted octanol–water partition coefficient (Wildman–Crippen LogP) is 3.67. The van der Waals surface area contributed by atoms with Gasteiger partial charge in [-0.1, -0.05) is 41.9 Å². The first-order chi connectivity index (χ1) is 12.9. The van der Waals surface area contributed by atoms with E-state index in [1.54, 1.807) is 23.1 Å². The van der Waals surface area contributed by atoms with E-state index in [2.05, 4.69) is 0 Å². The van der Waals surface area contributed by atoms with Crippen molar-refractivity contribution >= 4 is 23.5 Å². The van der Waals surface area contributed by atoms with Crippen LogP contribution in [0.4, 0.5) is 0 Å². The van der Waals surface area contributed by atoms with Gasteiger partial charge in [0.15, 0.2) is 6.61 Å². The van der Waals surface area contributed by atoms with Crippen molar-refractivity contribution in [2.75, 3.05) is 19.7 Å². The number of carbonyl (C=O) groups excluding carboxylic acids is 1. The van der Waals surface area contributed by atoms with E-state index in [0.29, 0.717) is 36.7 Å². The highest BCUT2D eigenvalue weighted by Crippen LogP contribution is 2.36. The number of ether oxygens (including phenoxy) is 1. The first-order valence-electron chi connectivity index (χ1n) is 8.88. The van der Waals surface area contributed by atoms with Crippen LogP contribution in [0.5, 0.6) is 5.75 Å². The number of carboxylic acids is 1. The largest absolute Gasteiger partial charge is 0.483 e. The molecular weight excluding hydrogens is 366 g/mol. The maximum Gasteiger partial charge on any atom is 0.314 e. The van der Waals surface area contributed by atoms with Gasteiger partial charge in [0, 0.05) is 18.1 Å². The van der Waals surface area contributed by atoms with Crippen LogP contribution in [0.2, 0.25) is 5.02 Å². The number of benzene rings is 2. The fourth-order valence-corrected chi connectivity index (χ4v) is 3.75. The number of rotatable bonds is 5. The lowest BCUT2D eigenvalue weighted by molar-refractivity contribution is -0.148. The molecule has 0 saturated carbocycles. The van der Waals surface area contributed by atoms with Crippen LogP contribution in [-0.4, -0.2) is 41.6 Å². The Bertz CT molecular complexity index is 829. The SMILES string of the molecule is Cc1cc(Cl)ccc1OCC(=O)N1CCC(C(=O)O)(c2ccccc2)CC1. The molecule has 0 aromatic heterocycles. The third kappa shape index (κ3) is 4.08. The van der Waals surface area contributed by atoms with Gasteiger partial charge in [-0.25, -0.2) is 0 Å². The third-order valence-corrected chi connectivity index (χ3v) is 5.43. The van der Waals surface area contributed by atoms with Crippen LogP contribution in [0.25, 0.3) is 0 Å². The van der Waals surface area contributed by atoms with Gasteiger partial charge < -0.3 is 14.7 Å². The highest BCUT2D eigenvalue weighted by atomic mass is 35.5. The molecule has 0 bridgehead atoms. The molecule has 27 heavy (non-hydrogen) atoms. The minimum Gasteiger partial charge on any atom is -0.483 e. The number of hydrogen-bond donors (Lipinski definition) is 1. The summed E-state index contributed by atoms with van der Waals surface area (Å²) in [5, 5.41) is 10.5. The van der Waals surface area contributed by atoms with E-state index < -0.39 is 11.4 Å². The molecule has 2 aromatic carbocycles. The molecule has 0 unspecified atom stereocenters. The van der Waals surface area contributed by atoms with Crippen LogP contribution in [-0.2, 0) is 15.0 Å². The van der Waals surface area contributed by atoms with Gasteiger partial charge in [0.05, 0.1) is 5.41 Å². The molecule has 1 aliphatic heterocycles. The number of amides is 1. The maximum absolute atomic E-state index is 12.5. The maximum atomic E-state index is 12.5. The number of hydrogen-bond acceptors (Lipinski definition) is 3. The van der Waals surface area contributed by atoms with Crippen molar-refractivity contribution < 1.29 is 19.4 Å². The number of likely N-dealkylation sites (tertiary alicyclic amines) is 1. The smallest absolute Gasteiger partial charge is 0.314 e. The van der Waals surface area contributed by atoms with Crippen molar-refractivity contribution in [3.8, 4) is 5.75 Å². The molecule has 0 spiro atoms. The number of aryl methyl sites for hydroxylation is 1. The van der Waals surface area contributed by atoms with E-state index in [1.165, 1.54) is 0 Å². The van der Waals surface area contributed by atoms with Crippen molar-refractivity contribution in [2.45, 2.75) is 25.2 Å². The van der Waals surface area contributed by atoms with E-state index in [0.717, 1.165) is 11.1 Å². The van der Waals surface area contributed by atoms with Crippen molar-refractivity contribution in [3.05, 3.63) is 64.7 Å². The molecule has 1 N–H and O–H groups in total. The summed E-state index contributed by atoms with van der Waals surface area (Å²) in [7, 11) is 0. The summed E-state index contributed by atoms with van der Waals surface area (Å²) in [5.41, 5.74) is 0.714. The number of halogens is 1. The molecule has 6 heteroatoms. The Balaban J connectivity index is 1.62. The molecule has 1 saturated heterocycles. The van der Waals surface area contributed by atoms with Crippen LogP contribution in [0.1, 0.15) is 24.0 Å². The molecule has 142 valence electrons. The van der Waals surface area contributed by atoms with E-state index >= 15 is 0 Å². The Morgan fingerprint density at radius 2 is 1.81 bits per heavy atom. The number of carboxylic acid groups (broad SMARTS) is 1. The minimum atomic E-state index is -0.939. The molecule has 3 rings (SSSR count). The van der Waals surface area contributed by atoms with Gasteiger partial charge >= 0.3 is 5.97 Å². The van der Waals surface area contributed by atoms with Gasteiger partial charge in [-0.2, -0.15) is 0 Å². The molecule has 1 amide bonds. The Hall–Kier alpha value is -2.53. The zero-order chi connectivity index (χ0) is 19.4. The van der Waals surface area contributed by atoms with E-state index in [1.807, 2.05) is 37.3 Å². The summed E-state index contributed by atoms with van der Waals surface area (Å²) in [4.78, 5) is 26.2. The van der Waals surface area contributed by atoms with Gasteiger partial charge in [0.25, 0.3) is 5.91 Å². The molecule has 2 aromatic rings. The van der Waals surface area contributed by atoms with Crippen LogP contribution < -0.4 is 4.74 Å². The number of nitrogens with zero attached hydrogens (tertiary/aromatic N) is 1. The zero-order valence-electron chi connectivity index (χ0n) is 15.2. The van der Waals surface area contributed by atoms with Crippen LogP contribution in [0.3, 0.4) is 0 Å². The van der Waals surface area contributed by atoms with Crippen molar-refractivity contribution in [2.24, 2.45) is 0 Å². The van der Waals surface area contributed by atoms with E-state index in [9.17, 15) is 14.7 Å². The molecule has 0 aliphatic carbocycles. The second-order valence-corrected chi connectivity index (χ2v) is 7.27. The Morgan fingerprint density at radius 3 is 2.41 bits per heavy atom. The quantitative estimate of drug-likeness (QED) is 0.850. The predicted molar refractivity (Wildman–Crippen MR) is 103 cm³/mol. The van der Waals surface area contributed by atoms with Gasteiger partial charge in [0.2, 0.25) is 0 Å². The molecule has 0 atom stereocenters. The number of carbonyl (C=O) groups is 2. The summed E-state index contributed by atoms with van der Waals surface area (Å²) >= 11 is 5.93. The highest BCUT2D eigenvalue weighted by Gasteiger charge is 2.43. The van der Waals surface area contributed by atoms with Gasteiger partial charge in [-0.15, -0.1) is 0 Å². The summed E-state index contributed by atoms with van der Waals surface area (Å²) in [6, 6.07) is 14.5. The summed E-state index contributed by atoms with van der Waals surface area (Å²) < 4.78 is 5.62. The Morgan fingerprint density at radius 1 is 1.15 bits per heavy atom.